The Morgan fingerprint density at radius 3 is 2.50 bits per heavy atom. The molecule has 1 unspecified atom stereocenters. The van der Waals surface area contributed by atoms with Gasteiger partial charge in [-0.25, -0.2) is 8.42 Å². The molecule has 3 nitrogen and oxygen atoms in total. The molecule has 1 aromatic carbocycles. The topological polar surface area (TPSA) is 46.2 Å². The van der Waals surface area contributed by atoms with E-state index >= 15 is 0 Å². The third kappa shape index (κ3) is 3.52. The zero-order valence-corrected chi connectivity index (χ0v) is 11.8. The van der Waals surface area contributed by atoms with Crippen molar-refractivity contribution in [1.29, 1.82) is 0 Å². The van der Waals surface area contributed by atoms with Gasteiger partial charge in [-0.1, -0.05) is 6.07 Å². The van der Waals surface area contributed by atoms with Gasteiger partial charge in [-0.2, -0.15) is 13.2 Å². The lowest BCUT2D eigenvalue weighted by Gasteiger charge is -2.16. The molecule has 112 valence electrons. The molecule has 1 saturated carbocycles. The van der Waals surface area contributed by atoms with Crippen molar-refractivity contribution in [2.45, 2.75) is 30.0 Å². The quantitative estimate of drug-likeness (QED) is 0.909. The fourth-order valence-corrected chi connectivity index (χ4v) is 3.85. The molecule has 1 aliphatic carbocycles. The molecule has 1 aromatic rings. The zero-order chi connectivity index (χ0) is 15.0. The van der Waals surface area contributed by atoms with E-state index in [9.17, 15) is 21.6 Å². The lowest BCUT2D eigenvalue weighted by molar-refractivity contribution is -0.137. The van der Waals surface area contributed by atoms with Crippen LogP contribution in [0.1, 0.15) is 18.4 Å². The van der Waals surface area contributed by atoms with Gasteiger partial charge in [-0.3, -0.25) is 0 Å². The van der Waals surface area contributed by atoms with Gasteiger partial charge in [0.05, 0.1) is 16.2 Å². The second kappa shape index (κ2) is 5.37. The summed E-state index contributed by atoms with van der Waals surface area (Å²) in [6, 6.07) is 3.71. The summed E-state index contributed by atoms with van der Waals surface area (Å²) in [7, 11) is -2.05. The first kappa shape index (κ1) is 15.3. The minimum absolute atomic E-state index is 0.171. The first-order valence-corrected chi connectivity index (χ1v) is 7.96. The Hall–Kier alpha value is -1.08. The van der Waals surface area contributed by atoms with Gasteiger partial charge in [0.15, 0.2) is 9.84 Å². The fraction of sp³-hybridized carbons (Fsp3) is 0.538. The predicted molar refractivity (Wildman–Crippen MR) is 69.1 cm³/mol. The average Bonchev–Trinajstić information content (AvgIpc) is 3.19. The molecule has 0 bridgehead atoms. The highest BCUT2D eigenvalue weighted by Gasteiger charge is 2.35. The third-order valence-corrected chi connectivity index (χ3v) is 5.25. The van der Waals surface area contributed by atoms with E-state index in [1.54, 1.807) is 7.05 Å². The van der Waals surface area contributed by atoms with Crippen molar-refractivity contribution in [2.75, 3.05) is 12.8 Å². The van der Waals surface area contributed by atoms with Gasteiger partial charge in [0, 0.05) is 6.04 Å². The van der Waals surface area contributed by atoms with Crippen LogP contribution in [0.5, 0.6) is 0 Å². The second-order valence-corrected chi connectivity index (χ2v) is 7.07. The number of hydrogen-bond donors (Lipinski definition) is 1. The van der Waals surface area contributed by atoms with Gasteiger partial charge >= 0.3 is 6.18 Å². The third-order valence-electron chi connectivity index (χ3n) is 3.48. The van der Waals surface area contributed by atoms with Gasteiger partial charge in [-0.15, -0.1) is 0 Å². The van der Waals surface area contributed by atoms with E-state index in [-0.39, 0.29) is 16.7 Å². The largest absolute Gasteiger partial charge is 0.416 e. The molecule has 0 aliphatic heterocycles. The van der Waals surface area contributed by atoms with Crippen LogP contribution in [0.3, 0.4) is 0 Å². The monoisotopic (exact) mass is 307 g/mol. The molecule has 0 aromatic heterocycles. The maximum absolute atomic E-state index is 12.6. The summed E-state index contributed by atoms with van der Waals surface area (Å²) in [5.41, 5.74) is -0.939. The Morgan fingerprint density at radius 1 is 1.35 bits per heavy atom. The van der Waals surface area contributed by atoms with Gasteiger partial charge in [0.2, 0.25) is 0 Å². The molecule has 0 saturated heterocycles. The summed E-state index contributed by atoms with van der Waals surface area (Å²) >= 11 is 0. The molecule has 7 heteroatoms. The number of hydrogen-bond acceptors (Lipinski definition) is 3. The smallest absolute Gasteiger partial charge is 0.316 e. The van der Waals surface area contributed by atoms with Crippen LogP contribution in [0, 0.1) is 5.92 Å². The standard InChI is InChI=1S/C13H16F3NO2S/c1-17-12(9-5-6-9)8-20(18,19)11-4-2-3-10(7-11)13(14,15)16/h2-4,7,9,12,17H,5-6,8H2,1H3. The van der Waals surface area contributed by atoms with Gasteiger partial charge < -0.3 is 5.32 Å². The summed E-state index contributed by atoms with van der Waals surface area (Å²) < 4.78 is 62.3. The van der Waals surface area contributed by atoms with Gasteiger partial charge in [-0.05, 0) is 44.0 Å². The lowest BCUT2D eigenvalue weighted by Crippen LogP contribution is -2.35. The van der Waals surface area contributed by atoms with Crippen molar-refractivity contribution >= 4 is 9.84 Å². The number of nitrogens with one attached hydrogen (secondary N) is 1. The highest BCUT2D eigenvalue weighted by atomic mass is 32.2. The molecule has 2 rings (SSSR count). The first-order chi connectivity index (χ1) is 9.24. The average molecular weight is 307 g/mol. The number of benzene rings is 1. The van der Waals surface area contributed by atoms with Crippen LogP contribution in [0.25, 0.3) is 0 Å². The maximum atomic E-state index is 12.6. The summed E-state index contributed by atoms with van der Waals surface area (Å²) in [6.45, 7) is 0. The fourth-order valence-electron chi connectivity index (χ4n) is 2.15. The van der Waals surface area contributed by atoms with Gasteiger partial charge in [0.25, 0.3) is 0 Å². The van der Waals surface area contributed by atoms with E-state index in [2.05, 4.69) is 5.32 Å². The first-order valence-electron chi connectivity index (χ1n) is 6.31. The molecule has 20 heavy (non-hydrogen) atoms. The van der Waals surface area contributed by atoms with E-state index in [1.165, 1.54) is 6.07 Å². The van der Waals surface area contributed by atoms with Crippen LogP contribution in [0.2, 0.25) is 0 Å². The summed E-state index contributed by atoms with van der Waals surface area (Å²) in [4.78, 5) is -0.270. The van der Waals surface area contributed by atoms with Crippen LogP contribution in [0.4, 0.5) is 13.2 Å². The second-order valence-electron chi connectivity index (χ2n) is 5.04. The summed E-state index contributed by atoms with van der Waals surface area (Å²) in [5.74, 6) is 0.135. The summed E-state index contributed by atoms with van der Waals surface area (Å²) in [5, 5.41) is 2.93. The molecule has 1 fully saturated rings. The Bertz CT molecular complexity index is 580. The van der Waals surface area contributed by atoms with E-state index in [0.29, 0.717) is 12.0 Å². The Balaban J connectivity index is 2.25. The van der Waals surface area contributed by atoms with E-state index < -0.39 is 21.6 Å². The van der Waals surface area contributed by atoms with Crippen molar-refractivity contribution in [3.8, 4) is 0 Å². The molecular weight excluding hydrogens is 291 g/mol. The van der Waals surface area contributed by atoms with E-state index in [0.717, 1.165) is 25.0 Å². The molecule has 1 aliphatic rings. The Labute approximate surface area is 116 Å². The number of halogens is 3. The van der Waals surface area contributed by atoms with Crippen LogP contribution in [0.15, 0.2) is 29.2 Å². The van der Waals surface area contributed by atoms with Crippen LogP contribution in [-0.2, 0) is 16.0 Å². The van der Waals surface area contributed by atoms with Gasteiger partial charge in [0.1, 0.15) is 0 Å². The predicted octanol–water partition coefficient (Wildman–Crippen LogP) is 2.48. The molecule has 0 amide bonds. The lowest BCUT2D eigenvalue weighted by atomic mass is 10.2. The molecule has 1 N–H and O–H groups in total. The van der Waals surface area contributed by atoms with Crippen molar-refractivity contribution in [3.63, 3.8) is 0 Å². The van der Waals surface area contributed by atoms with Crippen molar-refractivity contribution < 1.29 is 21.6 Å². The molecule has 0 spiro atoms. The summed E-state index contributed by atoms with van der Waals surface area (Å²) in [6.07, 6.45) is -2.61. The normalized spacial score (nSPS) is 18.0. The minimum Gasteiger partial charge on any atom is -0.316 e. The van der Waals surface area contributed by atoms with Crippen molar-refractivity contribution in [1.82, 2.24) is 5.32 Å². The minimum atomic E-state index is -4.54. The van der Waals surface area contributed by atoms with E-state index in [4.69, 9.17) is 0 Å². The Kier molecular flexibility index (Phi) is 4.11. The van der Waals surface area contributed by atoms with Crippen LogP contribution < -0.4 is 5.32 Å². The number of sulfone groups is 1. The van der Waals surface area contributed by atoms with E-state index in [1.807, 2.05) is 0 Å². The number of alkyl halides is 3. The Morgan fingerprint density at radius 2 is 2.00 bits per heavy atom. The highest BCUT2D eigenvalue weighted by Crippen LogP contribution is 2.34. The number of rotatable bonds is 5. The zero-order valence-electron chi connectivity index (χ0n) is 10.9. The molecule has 0 heterocycles. The van der Waals surface area contributed by atoms with Crippen molar-refractivity contribution in [3.05, 3.63) is 29.8 Å². The highest BCUT2D eigenvalue weighted by molar-refractivity contribution is 7.91. The van der Waals surface area contributed by atoms with Crippen molar-refractivity contribution in [2.24, 2.45) is 5.92 Å². The molecule has 0 radical (unpaired) electrons. The van der Waals surface area contributed by atoms with Crippen LogP contribution >= 0.6 is 0 Å². The SMILES string of the molecule is CNC(CS(=O)(=O)c1cccc(C(F)(F)F)c1)C1CC1. The van der Waals surface area contributed by atoms with Crippen LogP contribution in [-0.4, -0.2) is 27.3 Å². The molecule has 1 atom stereocenters. The molecular formula is C13H16F3NO2S. The maximum Gasteiger partial charge on any atom is 0.416 e.